The molecule has 0 spiro atoms. The lowest BCUT2D eigenvalue weighted by atomic mass is 9.98. The predicted octanol–water partition coefficient (Wildman–Crippen LogP) is 2.78. The standard InChI is InChI=1S/C12H17F2NO/c1-9(6-7-15)10-2-4-11(5-3-10)16-8-12(13)14/h2-5,9,12H,6-8,15H2,1H3. The highest BCUT2D eigenvalue weighted by molar-refractivity contribution is 5.29. The maximum absolute atomic E-state index is 11.9. The molecular weight excluding hydrogens is 212 g/mol. The van der Waals surface area contributed by atoms with Crippen molar-refractivity contribution >= 4 is 0 Å². The van der Waals surface area contributed by atoms with E-state index in [0.29, 0.717) is 18.2 Å². The predicted molar refractivity (Wildman–Crippen MR) is 60.0 cm³/mol. The van der Waals surface area contributed by atoms with Gasteiger partial charge in [-0.1, -0.05) is 19.1 Å². The third-order valence-corrected chi connectivity index (χ3v) is 2.42. The number of nitrogens with two attached hydrogens (primary N) is 1. The van der Waals surface area contributed by atoms with E-state index in [0.717, 1.165) is 12.0 Å². The highest BCUT2D eigenvalue weighted by Crippen LogP contribution is 2.21. The Labute approximate surface area is 94.4 Å². The first-order chi connectivity index (χ1) is 7.63. The summed E-state index contributed by atoms with van der Waals surface area (Å²) in [5.41, 5.74) is 6.62. The van der Waals surface area contributed by atoms with Crippen LogP contribution < -0.4 is 10.5 Å². The zero-order valence-corrected chi connectivity index (χ0v) is 9.33. The number of rotatable bonds is 6. The first-order valence-corrected chi connectivity index (χ1v) is 5.34. The van der Waals surface area contributed by atoms with Crippen LogP contribution in [0.4, 0.5) is 8.78 Å². The number of halogens is 2. The lowest BCUT2D eigenvalue weighted by Gasteiger charge is -2.11. The van der Waals surface area contributed by atoms with Crippen LogP contribution in [0.1, 0.15) is 24.8 Å². The topological polar surface area (TPSA) is 35.2 Å². The van der Waals surface area contributed by atoms with Crippen molar-refractivity contribution in [1.82, 2.24) is 0 Å². The van der Waals surface area contributed by atoms with Crippen molar-refractivity contribution in [1.29, 1.82) is 0 Å². The van der Waals surface area contributed by atoms with Gasteiger partial charge in [0.1, 0.15) is 12.4 Å². The summed E-state index contributed by atoms with van der Waals surface area (Å²) in [6.07, 6.45) is -1.52. The van der Waals surface area contributed by atoms with Gasteiger partial charge >= 0.3 is 0 Å². The van der Waals surface area contributed by atoms with Gasteiger partial charge in [0, 0.05) is 0 Å². The van der Waals surface area contributed by atoms with Gasteiger partial charge in [-0.15, -0.1) is 0 Å². The average molecular weight is 229 g/mol. The quantitative estimate of drug-likeness (QED) is 0.814. The molecule has 1 aromatic rings. The fourth-order valence-electron chi connectivity index (χ4n) is 1.47. The van der Waals surface area contributed by atoms with Gasteiger partial charge < -0.3 is 10.5 Å². The van der Waals surface area contributed by atoms with Crippen LogP contribution in [-0.4, -0.2) is 19.6 Å². The molecule has 0 saturated heterocycles. The SMILES string of the molecule is CC(CCN)c1ccc(OCC(F)F)cc1. The van der Waals surface area contributed by atoms with E-state index >= 15 is 0 Å². The summed E-state index contributed by atoms with van der Waals surface area (Å²) in [5, 5.41) is 0. The number of ether oxygens (including phenoxy) is 1. The van der Waals surface area contributed by atoms with E-state index in [1.807, 2.05) is 12.1 Å². The lowest BCUT2D eigenvalue weighted by molar-refractivity contribution is 0.0819. The maximum Gasteiger partial charge on any atom is 0.272 e. The van der Waals surface area contributed by atoms with Crippen molar-refractivity contribution in [2.45, 2.75) is 25.7 Å². The van der Waals surface area contributed by atoms with E-state index in [4.69, 9.17) is 10.5 Å². The van der Waals surface area contributed by atoms with E-state index in [-0.39, 0.29) is 0 Å². The normalized spacial score (nSPS) is 12.8. The molecule has 16 heavy (non-hydrogen) atoms. The first-order valence-electron chi connectivity index (χ1n) is 5.34. The molecular formula is C12H17F2NO. The van der Waals surface area contributed by atoms with Crippen LogP contribution in [0.15, 0.2) is 24.3 Å². The number of hydrogen-bond acceptors (Lipinski definition) is 2. The Morgan fingerprint density at radius 1 is 1.25 bits per heavy atom. The third-order valence-electron chi connectivity index (χ3n) is 2.42. The number of alkyl halides is 2. The molecule has 2 N–H and O–H groups in total. The molecule has 1 rings (SSSR count). The molecule has 0 amide bonds. The lowest BCUT2D eigenvalue weighted by Crippen LogP contribution is -2.07. The monoisotopic (exact) mass is 229 g/mol. The molecule has 1 unspecified atom stereocenters. The van der Waals surface area contributed by atoms with Gasteiger partial charge in [-0.05, 0) is 36.6 Å². The molecule has 1 atom stereocenters. The Hall–Kier alpha value is -1.16. The van der Waals surface area contributed by atoms with Crippen LogP contribution in [0.25, 0.3) is 0 Å². The Bertz CT molecular complexity index is 300. The smallest absolute Gasteiger partial charge is 0.272 e. The minimum atomic E-state index is -2.43. The van der Waals surface area contributed by atoms with Gasteiger partial charge in [-0.3, -0.25) is 0 Å². The fourth-order valence-corrected chi connectivity index (χ4v) is 1.47. The number of hydrogen-bond donors (Lipinski definition) is 1. The molecule has 0 fully saturated rings. The molecule has 0 aliphatic heterocycles. The molecule has 2 nitrogen and oxygen atoms in total. The molecule has 0 aliphatic rings. The second kappa shape index (κ2) is 6.43. The molecule has 1 aromatic carbocycles. The Balaban J connectivity index is 2.53. The highest BCUT2D eigenvalue weighted by atomic mass is 19.3. The van der Waals surface area contributed by atoms with Crippen molar-refractivity contribution in [3.8, 4) is 5.75 Å². The van der Waals surface area contributed by atoms with E-state index in [1.165, 1.54) is 0 Å². The van der Waals surface area contributed by atoms with Crippen LogP contribution in [0.2, 0.25) is 0 Å². The molecule has 0 radical (unpaired) electrons. The van der Waals surface area contributed by atoms with Gasteiger partial charge in [-0.25, -0.2) is 8.78 Å². The number of benzene rings is 1. The minimum Gasteiger partial charge on any atom is -0.488 e. The Morgan fingerprint density at radius 3 is 2.38 bits per heavy atom. The summed E-state index contributed by atoms with van der Waals surface area (Å²) in [7, 11) is 0. The summed E-state index contributed by atoms with van der Waals surface area (Å²) in [6, 6.07) is 7.21. The average Bonchev–Trinajstić information content (AvgIpc) is 2.27. The summed E-state index contributed by atoms with van der Waals surface area (Å²) in [4.78, 5) is 0. The van der Waals surface area contributed by atoms with Gasteiger partial charge in [0.05, 0.1) is 0 Å². The molecule has 4 heteroatoms. The fraction of sp³-hybridized carbons (Fsp3) is 0.500. The van der Waals surface area contributed by atoms with E-state index in [9.17, 15) is 8.78 Å². The zero-order valence-electron chi connectivity index (χ0n) is 9.33. The Morgan fingerprint density at radius 2 is 1.88 bits per heavy atom. The summed E-state index contributed by atoms with van der Waals surface area (Å²) < 4.78 is 28.7. The van der Waals surface area contributed by atoms with Crippen molar-refractivity contribution in [2.75, 3.05) is 13.2 Å². The summed E-state index contributed by atoms with van der Waals surface area (Å²) in [6.45, 7) is 2.17. The van der Waals surface area contributed by atoms with Crippen LogP contribution in [0.5, 0.6) is 5.75 Å². The van der Waals surface area contributed by atoms with Gasteiger partial charge in [0.2, 0.25) is 0 Å². The van der Waals surface area contributed by atoms with Gasteiger partial charge in [0.15, 0.2) is 0 Å². The van der Waals surface area contributed by atoms with Crippen LogP contribution in [0, 0.1) is 0 Å². The van der Waals surface area contributed by atoms with Crippen molar-refractivity contribution in [2.24, 2.45) is 5.73 Å². The van der Waals surface area contributed by atoms with E-state index < -0.39 is 13.0 Å². The minimum absolute atomic E-state index is 0.383. The molecule has 0 heterocycles. The maximum atomic E-state index is 11.9. The van der Waals surface area contributed by atoms with Gasteiger partial charge in [0.25, 0.3) is 6.43 Å². The Kier molecular flexibility index (Phi) is 5.19. The second-order valence-corrected chi connectivity index (χ2v) is 3.75. The van der Waals surface area contributed by atoms with Crippen molar-refractivity contribution in [3.05, 3.63) is 29.8 Å². The molecule has 0 aromatic heterocycles. The largest absolute Gasteiger partial charge is 0.488 e. The second-order valence-electron chi connectivity index (χ2n) is 3.75. The van der Waals surface area contributed by atoms with Crippen LogP contribution in [0.3, 0.4) is 0 Å². The highest BCUT2D eigenvalue weighted by Gasteiger charge is 2.06. The molecule has 0 saturated carbocycles. The van der Waals surface area contributed by atoms with E-state index in [1.54, 1.807) is 12.1 Å². The van der Waals surface area contributed by atoms with E-state index in [2.05, 4.69) is 6.92 Å². The van der Waals surface area contributed by atoms with Gasteiger partial charge in [-0.2, -0.15) is 0 Å². The van der Waals surface area contributed by atoms with Crippen LogP contribution >= 0.6 is 0 Å². The van der Waals surface area contributed by atoms with Crippen LogP contribution in [-0.2, 0) is 0 Å². The molecule has 90 valence electrons. The third kappa shape index (κ3) is 4.14. The zero-order chi connectivity index (χ0) is 12.0. The molecule has 0 bridgehead atoms. The van der Waals surface area contributed by atoms with Crippen molar-refractivity contribution in [3.63, 3.8) is 0 Å². The summed E-state index contributed by atoms with van der Waals surface area (Å²) in [5.74, 6) is 0.859. The summed E-state index contributed by atoms with van der Waals surface area (Å²) >= 11 is 0. The molecule has 0 aliphatic carbocycles. The first kappa shape index (κ1) is 12.9. The van der Waals surface area contributed by atoms with Crippen molar-refractivity contribution < 1.29 is 13.5 Å².